The molecule has 1 aliphatic heterocycles. The smallest absolute Gasteiger partial charge is 0.295 e. The van der Waals surface area contributed by atoms with Crippen molar-refractivity contribution >= 4 is 26.3 Å². The average molecular weight is 439 g/mol. The summed E-state index contributed by atoms with van der Waals surface area (Å²) in [6.45, 7) is 1.56. The second-order valence-electron chi connectivity index (χ2n) is 7.08. The molecule has 160 valence electrons. The van der Waals surface area contributed by atoms with E-state index in [1.165, 1.54) is 4.68 Å². The van der Waals surface area contributed by atoms with Crippen LogP contribution in [0.3, 0.4) is 0 Å². The van der Waals surface area contributed by atoms with E-state index in [-0.39, 0.29) is 28.7 Å². The van der Waals surface area contributed by atoms with E-state index in [0.29, 0.717) is 16.9 Å². The summed E-state index contributed by atoms with van der Waals surface area (Å²) in [5.74, 6) is -1.32. The van der Waals surface area contributed by atoms with E-state index in [1.807, 2.05) is 6.07 Å². The van der Waals surface area contributed by atoms with Crippen LogP contribution in [0.2, 0.25) is 0 Å². The van der Waals surface area contributed by atoms with E-state index >= 15 is 0 Å². The molecule has 31 heavy (non-hydrogen) atoms. The molecule has 1 aliphatic rings. The first kappa shape index (κ1) is 20.7. The van der Waals surface area contributed by atoms with Crippen LogP contribution in [-0.4, -0.2) is 36.0 Å². The quantitative estimate of drug-likeness (QED) is 0.672. The van der Waals surface area contributed by atoms with Gasteiger partial charge in [-0.05, 0) is 24.6 Å². The molecule has 8 nitrogen and oxygen atoms in total. The van der Waals surface area contributed by atoms with Crippen molar-refractivity contribution in [3.8, 4) is 5.69 Å². The first-order valence-corrected chi connectivity index (χ1v) is 11.3. The van der Waals surface area contributed by atoms with Crippen LogP contribution in [0.5, 0.6) is 0 Å². The molecule has 0 radical (unpaired) electrons. The molecule has 1 aromatic heterocycles. The lowest BCUT2D eigenvalue weighted by Crippen LogP contribution is -2.29. The van der Waals surface area contributed by atoms with Crippen LogP contribution < -0.4 is 10.9 Å². The van der Waals surface area contributed by atoms with Gasteiger partial charge in [-0.2, -0.15) is 0 Å². The van der Waals surface area contributed by atoms with Crippen molar-refractivity contribution < 1.29 is 17.9 Å². The van der Waals surface area contributed by atoms with E-state index in [9.17, 15) is 18.0 Å². The number of nitrogens with zero attached hydrogens (tertiary/aromatic N) is 2. The number of hydrogen-bond acceptors (Lipinski definition) is 5. The van der Waals surface area contributed by atoms with E-state index in [1.54, 1.807) is 73.3 Å². The Morgan fingerprint density at radius 1 is 1.03 bits per heavy atom. The second-order valence-corrected chi connectivity index (χ2v) is 9.13. The normalized spacial score (nSPS) is 15.4. The third-order valence-corrected chi connectivity index (χ3v) is 6.90. The molecule has 0 spiro atoms. The van der Waals surface area contributed by atoms with Gasteiger partial charge in [0.1, 0.15) is 17.2 Å². The van der Waals surface area contributed by atoms with Gasteiger partial charge in [0.05, 0.1) is 17.1 Å². The number of hydrogen-bond donors (Lipinski definition) is 1. The number of sulfone groups is 1. The highest BCUT2D eigenvalue weighted by molar-refractivity contribution is 8.00. The van der Waals surface area contributed by atoms with Crippen molar-refractivity contribution in [3.63, 3.8) is 0 Å². The predicted octanol–water partition coefficient (Wildman–Crippen LogP) is 2.24. The number of amides is 1. The minimum Gasteiger partial charge on any atom is -0.486 e. The molecule has 0 aliphatic carbocycles. The van der Waals surface area contributed by atoms with Gasteiger partial charge < -0.3 is 10.1 Å². The van der Waals surface area contributed by atoms with Crippen LogP contribution in [0.1, 0.15) is 11.3 Å². The van der Waals surface area contributed by atoms with Gasteiger partial charge in [0.2, 0.25) is 5.76 Å². The number of anilines is 1. The molecule has 0 unspecified atom stereocenters. The number of ether oxygens (including phenoxy) is 1. The Morgan fingerprint density at radius 2 is 1.65 bits per heavy atom. The Bertz CT molecular complexity index is 1340. The molecule has 2 heterocycles. The number of para-hydroxylation sites is 1. The monoisotopic (exact) mass is 439 g/mol. The summed E-state index contributed by atoms with van der Waals surface area (Å²) >= 11 is 0. The fraction of sp³-hybridized carbons (Fsp3) is 0.182. The molecule has 9 heteroatoms. The van der Waals surface area contributed by atoms with E-state index in [0.717, 1.165) is 0 Å². The van der Waals surface area contributed by atoms with Gasteiger partial charge in [-0.3, -0.25) is 14.3 Å². The molecule has 2 aromatic carbocycles. The minimum atomic E-state index is -3.72. The van der Waals surface area contributed by atoms with Crippen molar-refractivity contribution in [2.24, 2.45) is 7.05 Å². The van der Waals surface area contributed by atoms with Gasteiger partial charge in [-0.1, -0.05) is 48.5 Å². The number of carbonyl (C=O) groups is 1. The first-order chi connectivity index (χ1) is 14.8. The summed E-state index contributed by atoms with van der Waals surface area (Å²) in [6, 6.07) is 17.3. The molecular weight excluding hydrogens is 418 g/mol. The summed E-state index contributed by atoms with van der Waals surface area (Å²) in [4.78, 5) is 26.0. The maximum atomic E-state index is 13.1. The van der Waals surface area contributed by atoms with Crippen LogP contribution in [0.15, 0.2) is 71.2 Å². The zero-order valence-electron chi connectivity index (χ0n) is 17.0. The summed E-state index contributed by atoms with van der Waals surface area (Å²) < 4.78 is 34.0. The Balaban J connectivity index is 1.79. The van der Waals surface area contributed by atoms with Crippen LogP contribution in [0.25, 0.3) is 10.6 Å². The molecule has 0 saturated heterocycles. The van der Waals surface area contributed by atoms with E-state index in [4.69, 9.17) is 4.74 Å². The molecular formula is C22H21N3O5S. The highest BCUT2D eigenvalue weighted by atomic mass is 32.2. The SMILES string of the molecule is Cc1c(NC(=O)C2=C(c3ccccc3)S(=O)(=O)CCO2)c(=O)n(-c2ccccc2)n1C. The van der Waals surface area contributed by atoms with Crippen molar-refractivity contribution in [1.82, 2.24) is 9.36 Å². The standard InChI is InChI=1S/C22H21N3O5S/c1-15-18(22(27)25(24(15)2)17-11-7-4-8-12-17)23-21(26)19-20(16-9-5-3-6-10-16)31(28,29)14-13-30-19/h3-12H,13-14H2,1-2H3,(H,23,26). The van der Waals surface area contributed by atoms with E-state index in [2.05, 4.69) is 5.32 Å². The lowest BCUT2D eigenvalue weighted by atomic mass is 10.2. The zero-order chi connectivity index (χ0) is 22.2. The zero-order valence-corrected chi connectivity index (χ0v) is 17.8. The Labute approximate surface area is 179 Å². The molecule has 4 rings (SSSR count). The van der Waals surface area contributed by atoms with Gasteiger partial charge in [0, 0.05) is 7.05 Å². The largest absolute Gasteiger partial charge is 0.486 e. The van der Waals surface area contributed by atoms with Crippen LogP contribution in [0.4, 0.5) is 5.69 Å². The van der Waals surface area contributed by atoms with Gasteiger partial charge in [-0.15, -0.1) is 0 Å². The highest BCUT2D eigenvalue weighted by Crippen LogP contribution is 2.30. The average Bonchev–Trinajstić information content (AvgIpc) is 2.97. The maximum absolute atomic E-state index is 13.1. The molecule has 1 N–H and O–H groups in total. The fourth-order valence-electron chi connectivity index (χ4n) is 3.51. The summed E-state index contributed by atoms with van der Waals surface area (Å²) in [5.41, 5.74) is 1.14. The number of carbonyl (C=O) groups excluding carboxylic acids is 1. The molecule has 0 fully saturated rings. The third kappa shape index (κ3) is 3.68. The van der Waals surface area contributed by atoms with Gasteiger partial charge >= 0.3 is 0 Å². The van der Waals surface area contributed by atoms with Crippen molar-refractivity contribution in [3.05, 3.63) is 88.0 Å². The lowest BCUT2D eigenvalue weighted by molar-refractivity contribution is -0.115. The topological polar surface area (TPSA) is 99.4 Å². The number of aromatic nitrogens is 2. The van der Waals surface area contributed by atoms with Crippen LogP contribution in [0, 0.1) is 6.92 Å². The van der Waals surface area contributed by atoms with Gasteiger partial charge in [0.15, 0.2) is 9.84 Å². The van der Waals surface area contributed by atoms with Crippen molar-refractivity contribution in [2.75, 3.05) is 17.7 Å². The first-order valence-electron chi connectivity index (χ1n) is 9.62. The molecule has 1 amide bonds. The third-order valence-electron chi connectivity index (χ3n) is 5.15. The molecule has 3 aromatic rings. The highest BCUT2D eigenvalue weighted by Gasteiger charge is 2.34. The molecule has 0 atom stereocenters. The number of nitrogens with one attached hydrogen (secondary N) is 1. The maximum Gasteiger partial charge on any atom is 0.295 e. The summed E-state index contributed by atoms with van der Waals surface area (Å²) in [6.07, 6.45) is 0. The van der Waals surface area contributed by atoms with E-state index < -0.39 is 21.3 Å². The van der Waals surface area contributed by atoms with Crippen LogP contribution in [-0.2, 0) is 26.4 Å². The van der Waals surface area contributed by atoms with Gasteiger partial charge in [-0.25, -0.2) is 13.1 Å². The van der Waals surface area contributed by atoms with Gasteiger partial charge in [0.25, 0.3) is 11.5 Å². The fourth-order valence-corrected chi connectivity index (χ4v) is 4.95. The Kier molecular flexibility index (Phi) is 5.28. The minimum absolute atomic E-state index is 0.0582. The van der Waals surface area contributed by atoms with Crippen LogP contribution >= 0.6 is 0 Å². The predicted molar refractivity (Wildman–Crippen MR) is 117 cm³/mol. The van der Waals surface area contributed by atoms with Crippen molar-refractivity contribution in [2.45, 2.75) is 6.92 Å². The summed E-state index contributed by atoms with van der Waals surface area (Å²) in [5, 5.41) is 2.58. The Morgan fingerprint density at radius 3 is 2.29 bits per heavy atom. The van der Waals surface area contributed by atoms with Crippen molar-refractivity contribution in [1.29, 1.82) is 0 Å². The lowest BCUT2D eigenvalue weighted by Gasteiger charge is -2.21. The number of benzene rings is 2. The second kappa shape index (κ2) is 7.92. The summed E-state index contributed by atoms with van der Waals surface area (Å²) in [7, 11) is -2.02. The number of rotatable bonds is 4. The molecule has 0 saturated carbocycles. The Hall–Kier alpha value is -3.59. The molecule has 0 bridgehead atoms.